The quantitative estimate of drug-likeness (QED) is 0.664. The van der Waals surface area contributed by atoms with Crippen LogP contribution in [0.1, 0.15) is 11.1 Å². The number of nitrogens with zero attached hydrogens (tertiary/aromatic N) is 2. The maximum Gasteiger partial charge on any atom is 0.286 e. The van der Waals surface area contributed by atoms with Gasteiger partial charge in [0.2, 0.25) is 0 Å². The largest absolute Gasteiger partial charge is 0.360 e. The number of carbonyl (C=O) groups is 1. The maximum atomic E-state index is 13.2. The van der Waals surface area contributed by atoms with Crippen LogP contribution >= 0.6 is 23.4 Å². The van der Waals surface area contributed by atoms with Crippen LogP contribution in [0.5, 0.6) is 0 Å². The summed E-state index contributed by atoms with van der Waals surface area (Å²) in [5, 5.41) is 4.58. The fraction of sp³-hybridized carbons (Fsp3) is 0.0556. The highest BCUT2D eigenvalue weighted by atomic mass is 35.5. The molecule has 1 aromatic carbocycles. The number of amides is 1. The molecule has 0 saturated heterocycles. The third-order valence-electron chi connectivity index (χ3n) is 3.82. The van der Waals surface area contributed by atoms with E-state index in [1.54, 1.807) is 24.4 Å². The zero-order valence-electron chi connectivity index (χ0n) is 13.3. The van der Waals surface area contributed by atoms with E-state index >= 15 is 0 Å². The number of benzene rings is 1. The molecule has 130 valence electrons. The van der Waals surface area contributed by atoms with Crippen LogP contribution in [0.15, 0.2) is 52.6 Å². The predicted octanol–water partition coefficient (Wildman–Crippen LogP) is 4.12. The third kappa shape index (κ3) is 3.36. The molecule has 2 aromatic heterocycles. The number of hydrogen-bond donors (Lipinski definition) is 2. The van der Waals surface area contributed by atoms with E-state index in [9.17, 15) is 9.18 Å². The molecule has 1 aliphatic rings. The van der Waals surface area contributed by atoms with E-state index in [-0.39, 0.29) is 10.9 Å². The molecule has 3 heterocycles. The van der Waals surface area contributed by atoms with Crippen LogP contribution in [0.4, 0.5) is 4.39 Å². The normalized spacial score (nSPS) is 15.7. The van der Waals surface area contributed by atoms with E-state index in [1.807, 2.05) is 18.3 Å². The van der Waals surface area contributed by atoms with E-state index in [4.69, 9.17) is 11.6 Å². The smallest absolute Gasteiger partial charge is 0.286 e. The van der Waals surface area contributed by atoms with E-state index < -0.39 is 5.82 Å². The molecule has 26 heavy (non-hydrogen) atoms. The van der Waals surface area contributed by atoms with Crippen molar-refractivity contribution in [3.05, 3.63) is 69.6 Å². The summed E-state index contributed by atoms with van der Waals surface area (Å²) in [5.74, 6) is -0.760. The first-order valence-electron chi connectivity index (χ1n) is 7.72. The molecule has 0 spiro atoms. The monoisotopic (exact) mass is 386 g/mol. The maximum absolute atomic E-state index is 13.2. The van der Waals surface area contributed by atoms with E-state index in [0.29, 0.717) is 16.6 Å². The summed E-state index contributed by atoms with van der Waals surface area (Å²) in [6.45, 7) is 0.392. The second-order valence-electron chi connectivity index (χ2n) is 5.58. The lowest BCUT2D eigenvalue weighted by Gasteiger charge is -2.05. The minimum absolute atomic E-state index is 0.0647. The lowest BCUT2D eigenvalue weighted by molar-refractivity contribution is -0.113. The van der Waals surface area contributed by atoms with Crippen molar-refractivity contribution in [3.63, 3.8) is 0 Å². The molecule has 4 rings (SSSR count). The summed E-state index contributed by atoms with van der Waals surface area (Å²) in [4.78, 5) is 24.0. The van der Waals surface area contributed by atoms with Crippen molar-refractivity contribution in [2.45, 2.75) is 6.54 Å². The first kappa shape index (κ1) is 16.8. The summed E-state index contributed by atoms with van der Waals surface area (Å²) >= 11 is 7.03. The van der Waals surface area contributed by atoms with Crippen molar-refractivity contribution in [3.8, 4) is 0 Å². The second-order valence-corrected chi connectivity index (χ2v) is 7.02. The Morgan fingerprint density at radius 1 is 1.35 bits per heavy atom. The Morgan fingerprint density at radius 2 is 2.23 bits per heavy atom. The van der Waals surface area contributed by atoms with Gasteiger partial charge in [-0.1, -0.05) is 17.7 Å². The van der Waals surface area contributed by atoms with E-state index in [1.165, 1.54) is 17.8 Å². The molecule has 3 aromatic rings. The van der Waals surface area contributed by atoms with Gasteiger partial charge in [0.05, 0.1) is 9.93 Å². The van der Waals surface area contributed by atoms with Crippen molar-refractivity contribution in [1.29, 1.82) is 0 Å². The predicted molar refractivity (Wildman–Crippen MR) is 102 cm³/mol. The fourth-order valence-electron chi connectivity index (χ4n) is 2.55. The number of hydrogen-bond acceptors (Lipinski definition) is 4. The Morgan fingerprint density at radius 3 is 3.08 bits per heavy atom. The molecular formula is C18H12ClFN4OS. The Balaban J connectivity index is 1.47. The number of aromatic amines is 1. The van der Waals surface area contributed by atoms with Gasteiger partial charge in [-0.15, -0.1) is 0 Å². The highest BCUT2D eigenvalue weighted by Crippen LogP contribution is 2.29. The Hall–Kier alpha value is -2.64. The van der Waals surface area contributed by atoms with Gasteiger partial charge in [-0.25, -0.2) is 9.37 Å². The Bertz CT molecular complexity index is 1080. The number of H-pyrrole nitrogens is 1. The van der Waals surface area contributed by atoms with Gasteiger partial charge >= 0.3 is 0 Å². The van der Waals surface area contributed by atoms with Gasteiger partial charge in [0, 0.05) is 29.9 Å². The molecule has 0 saturated carbocycles. The van der Waals surface area contributed by atoms with Gasteiger partial charge in [-0.3, -0.25) is 4.79 Å². The number of carbonyl (C=O) groups excluding carboxylic acids is 1. The summed E-state index contributed by atoms with van der Waals surface area (Å²) in [7, 11) is 0. The highest BCUT2D eigenvalue weighted by Gasteiger charge is 2.22. The van der Waals surface area contributed by atoms with Crippen LogP contribution in [-0.2, 0) is 11.3 Å². The van der Waals surface area contributed by atoms with Crippen molar-refractivity contribution in [2.75, 3.05) is 0 Å². The number of pyridine rings is 1. The van der Waals surface area contributed by atoms with Gasteiger partial charge in [0.1, 0.15) is 11.5 Å². The third-order valence-corrected chi connectivity index (χ3v) is 5.05. The molecule has 5 nitrogen and oxygen atoms in total. The average Bonchev–Trinajstić information content (AvgIpc) is 3.20. The number of thioether (sulfide) groups is 1. The van der Waals surface area contributed by atoms with Crippen LogP contribution in [0.3, 0.4) is 0 Å². The second kappa shape index (κ2) is 6.93. The molecule has 0 atom stereocenters. The lowest BCUT2D eigenvalue weighted by atomic mass is 10.2. The molecule has 1 aliphatic heterocycles. The lowest BCUT2D eigenvalue weighted by Crippen LogP contribution is -2.18. The molecule has 0 aliphatic carbocycles. The van der Waals surface area contributed by atoms with Gasteiger partial charge in [0.15, 0.2) is 5.17 Å². The molecule has 1 amide bonds. The van der Waals surface area contributed by atoms with E-state index in [2.05, 4.69) is 20.3 Å². The van der Waals surface area contributed by atoms with Gasteiger partial charge in [-0.05, 0) is 47.7 Å². The van der Waals surface area contributed by atoms with Crippen LogP contribution in [0.25, 0.3) is 17.1 Å². The number of nitrogens with one attached hydrogen (secondary N) is 2. The van der Waals surface area contributed by atoms with Gasteiger partial charge < -0.3 is 10.3 Å². The zero-order chi connectivity index (χ0) is 18.1. The first-order valence-corrected chi connectivity index (χ1v) is 8.92. The summed E-state index contributed by atoms with van der Waals surface area (Å²) in [6, 6.07) is 8.27. The molecule has 2 N–H and O–H groups in total. The first-order chi connectivity index (χ1) is 12.6. The number of amidine groups is 1. The highest BCUT2D eigenvalue weighted by molar-refractivity contribution is 8.18. The summed E-state index contributed by atoms with van der Waals surface area (Å²) in [5.41, 5.74) is 2.44. The number of aliphatic imine (C=N–C) groups is 1. The van der Waals surface area contributed by atoms with Gasteiger partial charge in [-0.2, -0.15) is 4.99 Å². The molecule has 8 heteroatoms. The average molecular weight is 387 g/mol. The molecule has 0 radical (unpaired) electrons. The Labute approximate surface area is 157 Å². The number of halogens is 2. The van der Waals surface area contributed by atoms with Crippen molar-refractivity contribution in [2.24, 2.45) is 4.99 Å². The molecular weight excluding hydrogens is 375 g/mol. The van der Waals surface area contributed by atoms with Crippen LogP contribution in [-0.4, -0.2) is 21.0 Å². The molecule has 0 fully saturated rings. The van der Waals surface area contributed by atoms with Crippen LogP contribution in [0.2, 0.25) is 5.02 Å². The number of rotatable bonds is 3. The number of aromatic nitrogens is 2. The molecule has 0 unspecified atom stereocenters. The SMILES string of the molecule is O=C1N=C(NCc2ccc(F)c(Cl)c2)S/C1=C\c1c[nH]c2ncccc12. The number of fused-ring (bicyclic) bond motifs is 1. The molecule has 0 bridgehead atoms. The summed E-state index contributed by atoms with van der Waals surface area (Å²) < 4.78 is 13.2. The fourth-order valence-corrected chi connectivity index (χ4v) is 3.55. The van der Waals surface area contributed by atoms with Gasteiger partial charge in [0.25, 0.3) is 5.91 Å². The Kier molecular flexibility index (Phi) is 4.48. The van der Waals surface area contributed by atoms with E-state index in [0.717, 1.165) is 22.2 Å². The standard InChI is InChI=1S/C18H12ClFN4OS/c19-13-6-10(3-4-14(13)20)8-23-18-24-17(25)15(26-18)7-11-9-22-16-12(11)2-1-5-21-16/h1-7,9H,8H2,(H,21,22)(H,23,24,25)/b15-7-. The zero-order valence-corrected chi connectivity index (χ0v) is 14.9. The van der Waals surface area contributed by atoms with Crippen molar-refractivity contribution in [1.82, 2.24) is 15.3 Å². The minimum atomic E-state index is -0.461. The van der Waals surface area contributed by atoms with Crippen molar-refractivity contribution >= 4 is 51.5 Å². The topological polar surface area (TPSA) is 70.1 Å². The summed E-state index contributed by atoms with van der Waals surface area (Å²) in [6.07, 6.45) is 5.31. The minimum Gasteiger partial charge on any atom is -0.360 e. The van der Waals surface area contributed by atoms with Crippen LogP contribution in [0, 0.1) is 5.82 Å². The van der Waals surface area contributed by atoms with Crippen LogP contribution < -0.4 is 5.32 Å². The van der Waals surface area contributed by atoms with Crippen molar-refractivity contribution < 1.29 is 9.18 Å².